The first-order chi connectivity index (χ1) is 14.2. The van der Waals surface area contributed by atoms with Gasteiger partial charge in [-0.25, -0.2) is 0 Å². The maximum atomic E-state index is 12.9. The molecule has 1 N–H and O–H groups in total. The molecule has 3 aromatic carbocycles. The maximum Gasteiger partial charge on any atom is 0.231 e. The number of nitrogens with one attached hydrogen (secondary N) is 1. The van der Waals surface area contributed by atoms with Crippen LogP contribution in [0.25, 0.3) is 11.1 Å². The van der Waals surface area contributed by atoms with E-state index in [0.717, 1.165) is 46.7 Å². The Labute approximate surface area is 171 Å². The molecule has 0 saturated heterocycles. The van der Waals surface area contributed by atoms with Gasteiger partial charge in [0.1, 0.15) is 5.75 Å². The van der Waals surface area contributed by atoms with E-state index in [0.29, 0.717) is 0 Å². The van der Waals surface area contributed by atoms with Gasteiger partial charge in [-0.15, -0.1) is 0 Å². The van der Waals surface area contributed by atoms with Gasteiger partial charge in [-0.05, 0) is 58.5 Å². The molecule has 146 valence electrons. The number of methoxy groups -OCH3 is 1. The topological polar surface area (TPSA) is 50.7 Å². The Morgan fingerprint density at radius 1 is 1.03 bits per heavy atom. The molecule has 1 aliphatic rings. The number of ether oxygens (including phenoxy) is 1. The summed E-state index contributed by atoms with van der Waals surface area (Å²) in [6.45, 7) is 2.76. The van der Waals surface area contributed by atoms with Crippen LogP contribution < -0.4 is 10.1 Å². The number of fused-ring (bicyclic) bond motifs is 1. The van der Waals surface area contributed by atoms with E-state index in [2.05, 4.69) is 22.4 Å². The van der Waals surface area contributed by atoms with Gasteiger partial charge in [0.25, 0.3) is 0 Å². The molecule has 1 aliphatic heterocycles. The quantitative estimate of drug-likeness (QED) is 0.616. The summed E-state index contributed by atoms with van der Waals surface area (Å²) in [7, 11) is 1.66. The first-order valence-electron chi connectivity index (χ1n) is 9.86. The fourth-order valence-electron chi connectivity index (χ4n) is 3.67. The summed E-state index contributed by atoms with van der Waals surface area (Å²) in [4.78, 5) is 17.2. The second-order valence-electron chi connectivity index (χ2n) is 7.18. The van der Waals surface area contributed by atoms with Gasteiger partial charge in [-0.1, -0.05) is 49.4 Å². The highest BCUT2D eigenvalue weighted by molar-refractivity contribution is 5.97. The van der Waals surface area contributed by atoms with Crippen LogP contribution in [0.2, 0.25) is 0 Å². The molecule has 1 heterocycles. The van der Waals surface area contributed by atoms with Crippen LogP contribution in [0.5, 0.6) is 5.75 Å². The van der Waals surface area contributed by atoms with E-state index in [4.69, 9.17) is 4.74 Å². The predicted molar refractivity (Wildman–Crippen MR) is 118 cm³/mol. The molecule has 0 fully saturated rings. The summed E-state index contributed by atoms with van der Waals surface area (Å²) in [5.74, 6) is 0.660. The van der Waals surface area contributed by atoms with Gasteiger partial charge in [0.15, 0.2) is 0 Å². The Hall–Kier alpha value is -3.40. The highest BCUT2D eigenvalue weighted by atomic mass is 16.5. The van der Waals surface area contributed by atoms with Crippen LogP contribution in [0.4, 0.5) is 5.69 Å². The maximum absolute atomic E-state index is 12.9. The average molecular weight is 384 g/mol. The van der Waals surface area contributed by atoms with E-state index in [1.807, 2.05) is 67.7 Å². The van der Waals surface area contributed by atoms with Gasteiger partial charge >= 0.3 is 0 Å². The Morgan fingerprint density at radius 2 is 1.72 bits per heavy atom. The summed E-state index contributed by atoms with van der Waals surface area (Å²) in [5.41, 5.74) is 6.35. The second kappa shape index (κ2) is 8.31. The van der Waals surface area contributed by atoms with Crippen LogP contribution in [0.3, 0.4) is 0 Å². The number of nitrogens with zero attached hydrogens (tertiary/aromatic N) is 1. The third-order valence-corrected chi connectivity index (χ3v) is 5.37. The lowest BCUT2D eigenvalue weighted by atomic mass is 9.93. The van der Waals surface area contributed by atoms with E-state index in [9.17, 15) is 4.79 Å². The van der Waals surface area contributed by atoms with Crippen LogP contribution in [0.1, 0.15) is 36.0 Å². The van der Waals surface area contributed by atoms with Crippen molar-refractivity contribution in [2.24, 2.45) is 4.99 Å². The lowest BCUT2D eigenvalue weighted by Gasteiger charge is -2.16. The molecule has 29 heavy (non-hydrogen) atoms. The van der Waals surface area contributed by atoms with Gasteiger partial charge in [-0.2, -0.15) is 0 Å². The van der Waals surface area contributed by atoms with Crippen molar-refractivity contribution in [1.82, 2.24) is 0 Å². The van der Waals surface area contributed by atoms with E-state index in [1.54, 1.807) is 7.11 Å². The molecule has 0 spiro atoms. The van der Waals surface area contributed by atoms with Gasteiger partial charge in [0.05, 0.1) is 19.6 Å². The fraction of sp³-hybridized carbons (Fsp3) is 0.200. The van der Waals surface area contributed by atoms with Gasteiger partial charge in [0.2, 0.25) is 5.91 Å². The first kappa shape index (κ1) is 18.9. The molecular weight excluding hydrogens is 360 g/mol. The van der Waals surface area contributed by atoms with E-state index < -0.39 is 0 Å². The second-order valence-corrected chi connectivity index (χ2v) is 7.18. The molecule has 4 heteroatoms. The molecule has 4 rings (SSSR count). The molecular formula is C25H24N2O2. The number of rotatable bonds is 6. The summed E-state index contributed by atoms with van der Waals surface area (Å²) < 4.78 is 5.22. The van der Waals surface area contributed by atoms with Gasteiger partial charge in [-0.3, -0.25) is 9.79 Å². The highest BCUT2D eigenvalue weighted by Gasteiger charge is 2.19. The molecule has 0 saturated carbocycles. The monoisotopic (exact) mass is 384 g/mol. The summed E-state index contributed by atoms with van der Waals surface area (Å²) >= 11 is 0. The van der Waals surface area contributed by atoms with Crippen molar-refractivity contribution < 1.29 is 9.53 Å². The average Bonchev–Trinajstić information content (AvgIpc) is 3.23. The van der Waals surface area contributed by atoms with Crippen molar-refractivity contribution >= 4 is 17.8 Å². The minimum Gasteiger partial charge on any atom is -0.497 e. The number of aliphatic imine (C=N–C) groups is 1. The van der Waals surface area contributed by atoms with Crippen molar-refractivity contribution in [2.75, 3.05) is 12.4 Å². The van der Waals surface area contributed by atoms with E-state index in [-0.39, 0.29) is 11.8 Å². The standard InChI is InChI=1S/C25H24N2O2/c1-3-24(25(28)27-22-11-8-20-15-26-16-21(20)14-22)19-6-4-17(5-7-19)18-9-12-23(29-2)13-10-18/h4-14,16,24H,3,15H2,1-2H3,(H,27,28). The molecule has 1 atom stereocenters. The summed E-state index contributed by atoms with van der Waals surface area (Å²) in [6, 6.07) is 22.2. The van der Waals surface area contributed by atoms with Crippen molar-refractivity contribution in [3.05, 3.63) is 83.4 Å². The number of hydrogen-bond acceptors (Lipinski definition) is 3. The zero-order valence-corrected chi connectivity index (χ0v) is 16.7. The third kappa shape index (κ3) is 4.06. The van der Waals surface area contributed by atoms with Crippen LogP contribution in [0.15, 0.2) is 71.7 Å². The summed E-state index contributed by atoms with van der Waals surface area (Å²) in [5, 5.41) is 3.07. The Balaban J connectivity index is 1.49. The zero-order chi connectivity index (χ0) is 20.2. The molecule has 0 bridgehead atoms. The predicted octanol–water partition coefficient (Wildman–Crippen LogP) is 5.43. The molecule has 0 radical (unpaired) electrons. The molecule has 1 amide bonds. The first-order valence-corrected chi connectivity index (χ1v) is 9.86. The van der Waals surface area contributed by atoms with Crippen molar-refractivity contribution in [2.45, 2.75) is 25.8 Å². The van der Waals surface area contributed by atoms with E-state index in [1.165, 1.54) is 5.56 Å². The van der Waals surface area contributed by atoms with Crippen LogP contribution >= 0.6 is 0 Å². The van der Waals surface area contributed by atoms with Crippen molar-refractivity contribution in [1.29, 1.82) is 0 Å². The Morgan fingerprint density at radius 3 is 2.38 bits per heavy atom. The minimum atomic E-state index is -0.193. The SMILES string of the molecule is CCC(C(=O)Nc1ccc2c(c1)C=NC2)c1ccc(-c2ccc(OC)cc2)cc1. The van der Waals surface area contributed by atoms with Crippen LogP contribution in [-0.4, -0.2) is 19.2 Å². The Bertz CT molecular complexity index is 1040. The fourth-order valence-corrected chi connectivity index (χ4v) is 3.67. The molecule has 1 unspecified atom stereocenters. The number of hydrogen-bond donors (Lipinski definition) is 1. The molecule has 0 aromatic heterocycles. The normalized spacial score (nSPS) is 13.0. The van der Waals surface area contributed by atoms with Gasteiger partial charge in [0, 0.05) is 11.9 Å². The molecule has 4 nitrogen and oxygen atoms in total. The smallest absolute Gasteiger partial charge is 0.231 e. The lowest BCUT2D eigenvalue weighted by molar-refractivity contribution is -0.117. The van der Waals surface area contributed by atoms with Crippen LogP contribution in [-0.2, 0) is 11.3 Å². The van der Waals surface area contributed by atoms with E-state index >= 15 is 0 Å². The number of carbonyl (C=O) groups is 1. The van der Waals surface area contributed by atoms with Crippen molar-refractivity contribution in [3.8, 4) is 16.9 Å². The lowest BCUT2D eigenvalue weighted by Crippen LogP contribution is -2.20. The largest absolute Gasteiger partial charge is 0.497 e. The number of carbonyl (C=O) groups excluding carboxylic acids is 1. The number of amides is 1. The van der Waals surface area contributed by atoms with Crippen molar-refractivity contribution in [3.63, 3.8) is 0 Å². The van der Waals surface area contributed by atoms with Crippen LogP contribution in [0, 0.1) is 0 Å². The molecule has 0 aliphatic carbocycles. The minimum absolute atomic E-state index is 0.0135. The third-order valence-electron chi connectivity index (χ3n) is 5.37. The zero-order valence-electron chi connectivity index (χ0n) is 16.7. The molecule has 3 aromatic rings. The van der Waals surface area contributed by atoms with Gasteiger partial charge < -0.3 is 10.1 Å². The number of benzene rings is 3. The number of anilines is 1. The highest BCUT2D eigenvalue weighted by Crippen LogP contribution is 2.27. The summed E-state index contributed by atoms with van der Waals surface area (Å²) in [6.07, 6.45) is 2.60. The Kier molecular flexibility index (Phi) is 5.43.